The van der Waals surface area contributed by atoms with Crippen LogP contribution in [0.1, 0.15) is 39.2 Å². The summed E-state index contributed by atoms with van der Waals surface area (Å²) in [5, 5.41) is 10.1. The average Bonchev–Trinajstić information content (AvgIpc) is 2.46. The SMILES string of the molecule is CCCC(C)(C)c1cnc2c(OCC(=O)O)ccc(Cl)c2c1. The van der Waals surface area contributed by atoms with Gasteiger partial charge in [0, 0.05) is 11.6 Å². The van der Waals surface area contributed by atoms with E-state index >= 15 is 0 Å². The summed E-state index contributed by atoms with van der Waals surface area (Å²) in [5.41, 5.74) is 1.71. The molecule has 1 aromatic carbocycles. The molecule has 0 aliphatic heterocycles. The second-order valence-electron chi connectivity index (χ2n) is 5.98. The molecule has 0 saturated carbocycles. The molecule has 2 aromatic rings. The van der Waals surface area contributed by atoms with E-state index in [4.69, 9.17) is 21.4 Å². The van der Waals surface area contributed by atoms with Crippen LogP contribution in [0.25, 0.3) is 10.9 Å². The zero-order valence-corrected chi connectivity index (χ0v) is 13.8. The van der Waals surface area contributed by atoms with Gasteiger partial charge < -0.3 is 9.84 Å². The van der Waals surface area contributed by atoms with Crippen molar-refractivity contribution in [2.75, 3.05) is 6.61 Å². The van der Waals surface area contributed by atoms with Crippen LogP contribution in [0, 0.1) is 0 Å². The highest BCUT2D eigenvalue weighted by atomic mass is 35.5. The van der Waals surface area contributed by atoms with Gasteiger partial charge in [0.05, 0.1) is 5.02 Å². The first-order chi connectivity index (χ1) is 10.3. The first kappa shape index (κ1) is 16.6. The highest BCUT2D eigenvalue weighted by molar-refractivity contribution is 6.35. The molecule has 0 bridgehead atoms. The number of nitrogens with zero attached hydrogens (tertiary/aromatic N) is 1. The van der Waals surface area contributed by atoms with Crippen LogP contribution in [0.4, 0.5) is 0 Å². The summed E-state index contributed by atoms with van der Waals surface area (Å²) in [5.74, 6) is -0.592. The number of rotatable bonds is 6. The van der Waals surface area contributed by atoms with E-state index in [9.17, 15) is 4.79 Å². The molecule has 0 radical (unpaired) electrons. The number of carbonyl (C=O) groups is 1. The van der Waals surface area contributed by atoms with E-state index in [2.05, 4.69) is 25.8 Å². The number of hydrogen-bond acceptors (Lipinski definition) is 3. The fraction of sp³-hybridized carbons (Fsp3) is 0.412. The minimum Gasteiger partial charge on any atom is -0.480 e. The molecule has 22 heavy (non-hydrogen) atoms. The Labute approximate surface area is 135 Å². The average molecular weight is 322 g/mol. The van der Waals surface area contributed by atoms with Gasteiger partial charge in [-0.2, -0.15) is 0 Å². The van der Waals surface area contributed by atoms with Gasteiger partial charge in [0.15, 0.2) is 6.61 Å². The van der Waals surface area contributed by atoms with Crippen molar-refractivity contribution >= 4 is 28.5 Å². The van der Waals surface area contributed by atoms with Crippen LogP contribution in [-0.4, -0.2) is 22.7 Å². The van der Waals surface area contributed by atoms with Gasteiger partial charge in [-0.3, -0.25) is 4.98 Å². The predicted octanol–water partition coefficient (Wildman–Crippen LogP) is 4.43. The summed E-state index contributed by atoms with van der Waals surface area (Å²) in [6, 6.07) is 5.38. The van der Waals surface area contributed by atoms with E-state index in [0.29, 0.717) is 16.3 Å². The largest absolute Gasteiger partial charge is 0.480 e. The van der Waals surface area contributed by atoms with E-state index in [1.807, 2.05) is 12.3 Å². The van der Waals surface area contributed by atoms with E-state index in [-0.39, 0.29) is 5.41 Å². The Morgan fingerprint density at radius 2 is 2.14 bits per heavy atom. The zero-order chi connectivity index (χ0) is 16.3. The molecule has 0 amide bonds. The number of fused-ring (bicyclic) bond motifs is 1. The van der Waals surface area contributed by atoms with Gasteiger partial charge in [0.1, 0.15) is 11.3 Å². The van der Waals surface area contributed by atoms with Crippen molar-refractivity contribution in [1.82, 2.24) is 4.98 Å². The minimum atomic E-state index is -1.02. The van der Waals surface area contributed by atoms with Crippen LogP contribution < -0.4 is 4.74 Å². The van der Waals surface area contributed by atoms with Crippen molar-refractivity contribution in [1.29, 1.82) is 0 Å². The Balaban J connectivity index is 2.48. The highest BCUT2D eigenvalue weighted by Gasteiger charge is 2.21. The number of pyridine rings is 1. The molecule has 0 unspecified atom stereocenters. The molecule has 1 aromatic heterocycles. The molecule has 5 heteroatoms. The zero-order valence-electron chi connectivity index (χ0n) is 13.0. The number of halogens is 1. The van der Waals surface area contributed by atoms with Crippen molar-refractivity contribution in [3.63, 3.8) is 0 Å². The maximum Gasteiger partial charge on any atom is 0.341 e. The summed E-state index contributed by atoms with van der Waals surface area (Å²) in [4.78, 5) is 15.1. The standard InChI is InChI=1S/C17H20ClNO3/c1-4-7-17(2,3)11-8-12-13(18)5-6-14(16(12)19-9-11)22-10-15(20)21/h5-6,8-9H,4,7,10H2,1-3H3,(H,20,21). The van der Waals surface area contributed by atoms with Gasteiger partial charge in [0.2, 0.25) is 0 Å². The molecule has 0 aliphatic rings. The Kier molecular flexibility index (Phi) is 4.91. The van der Waals surface area contributed by atoms with Crippen molar-refractivity contribution in [3.05, 3.63) is 35.0 Å². The molecular formula is C17H20ClNO3. The van der Waals surface area contributed by atoms with Crippen molar-refractivity contribution in [3.8, 4) is 5.75 Å². The molecule has 118 valence electrons. The Morgan fingerprint density at radius 1 is 1.41 bits per heavy atom. The molecule has 0 fully saturated rings. The third-order valence-corrected chi connectivity index (χ3v) is 4.10. The fourth-order valence-electron chi connectivity index (χ4n) is 2.56. The lowest BCUT2D eigenvalue weighted by atomic mass is 9.81. The lowest BCUT2D eigenvalue weighted by molar-refractivity contribution is -0.139. The van der Waals surface area contributed by atoms with Gasteiger partial charge in [0.25, 0.3) is 0 Å². The van der Waals surface area contributed by atoms with Crippen LogP contribution in [0.3, 0.4) is 0 Å². The summed E-state index contributed by atoms with van der Waals surface area (Å²) in [7, 11) is 0. The van der Waals surface area contributed by atoms with E-state index < -0.39 is 12.6 Å². The number of ether oxygens (including phenoxy) is 1. The van der Waals surface area contributed by atoms with Gasteiger partial charge >= 0.3 is 5.97 Å². The van der Waals surface area contributed by atoms with Crippen LogP contribution >= 0.6 is 11.6 Å². The molecule has 0 saturated heterocycles. The summed E-state index contributed by atoms with van der Waals surface area (Å²) >= 11 is 6.28. The fourth-order valence-corrected chi connectivity index (χ4v) is 2.76. The van der Waals surface area contributed by atoms with Crippen molar-refractivity contribution in [2.24, 2.45) is 0 Å². The number of carboxylic acids is 1. The second-order valence-corrected chi connectivity index (χ2v) is 6.39. The van der Waals surface area contributed by atoms with Crippen LogP contribution in [0.2, 0.25) is 5.02 Å². The lowest BCUT2D eigenvalue weighted by Gasteiger charge is -2.24. The van der Waals surface area contributed by atoms with Crippen LogP contribution in [0.15, 0.2) is 24.4 Å². The minimum absolute atomic E-state index is 0.0111. The second kappa shape index (κ2) is 6.53. The first-order valence-electron chi connectivity index (χ1n) is 7.28. The number of aromatic nitrogens is 1. The van der Waals surface area contributed by atoms with E-state index in [0.717, 1.165) is 23.8 Å². The van der Waals surface area contributed by atoms with Crippen molar-refractivity contribution < 1.29 is 14.6 Å². The molecule has 1 N–H and O–H groups in total. The van der Waals surface area contributed by atoms with Gasteiger partial charge in [-0.1, -0.05) is 38.8 Å². The summed E-state index contributed by atoms with van der Waals surface area (Å²) in [6.07, 6.45) is 3.95. The predicted molar refractivity (Wildman–Crippen MR) is 87.8 cm³/mol. The van der Waals surface area contributed by atoms with E-state index in [1.165, 1.54) is 0 Å². The maximum atomic E-state index is 10.7. The molecule has 1 heterocycles. The topological polar surface area (TPSA) is 59.4 Å². The molecule has 0 spiro atoms. The maximum absolute atomic E-state index is 10.7. The molecule has 2 rings (SSSR count). The Bertz CT molecular complexity index is 698. The smallest absolute Gasteiger partial charge is 0.341 e. The summed E-state index contributed by atoms with van der Waals surface area (Å²) < 4.78 is 5.29. The van der Waals surface area contributed by atoms with Gasteiger partial charge in [-0.15, -0.1) is 0 Å². The van der Waals surface area contributed by atoms with Gasteiger partial charge in [-0.05, 0) is 35.6 Å². The third-order valence-electron chi connectivity index (χ3n) is 3.77. The monoisotopic (exact) mass is 321 g/mol. The lowest BCUT2D eigenvalue weighted by Crippen LogP contribution is -2.17. The normalized spacial score (nSPS) is 11.6. The molecule has 4 nitrogen and oxygen atoms in total. The number of hydrogen-bond donors (Lipinski definition) is 1. The molecule has 0 aliphatic carbocycles. The highest BCUT2D eigenvalue weighted by Crippen LogP contribution is 2.35. The Morgan fingerprint density at radius 3 is 2.77 bits per heavy atom. The molecular weight excluding hydrogens is 302 g/mol. The third kappa shape index (κ3) is 3.50. The van der Waals surface area contributed by atoms with E-state index in [1.54, 1.807) is 12.1 Å². The first-order valence-corrected chi connectivity index (χ1v) is 7.66. The molecule has 0 atom stereocenters. The van der Waals surface area contributed by atoms with Gasteiger partial charge in [-0.25, -0.2) is 4.79 Å². The number of benzene rings is 1. The van der Waals surface area contributed by atoms with Crippen LogP contribution in [-0.2, 0) is 10.2 Å². The number of carboxylic acid groups (broad SMARTS) is 1. The quantitative estimate of drug-likeness (QED) is 0.855. The summed E-state index contributed by atoms with van der Waals surface area (Å²) in [6.45, 7) is 6.11. The van der Waals surface area contributed by atoms with Crippen LogP contribution in [0.5, 0.6) is 5.75 Å². The van der Waals surface area contributed by atoms with Crippen molar-refractivity contribution in [2.45, 2.75) is 39.0 Å². The Hall–Kier alpha value is -1.81. The number of aliphatic carboxylic acids is 1.